The van der Waals surface area contributed by atoms with Gasteiger partial charge in [0, 0.05) is 16.6 Å². The van der Waals surface area contributed by atoms with Gasteiger partial charge in [0.25, 0.3) is 5.91 Å². The molecule has 4 nitrogen and oxygen atoms in total. The van der Waals surface area contributed by atoms with Crippen LogP contribution in [0, 0.1) is 12.3 Å². The van der Waals surface area contributed by atoms with Crippen molar-refractivity contribution >= 4 is 56.7 Å². The Morgan fingerprint density at radius 2 is 2.05 bits per heavy atom. The van der Waals surface area contributed by atoms with E-state index in [1.165, 1.54) is 0 Å². The predicted octanol–water partition coefficient (Wildman–Crippen LogP) is 3.82. The molecule has 21 heavy (non-hydrogen) atoms. The van der Waals surface area contributed by atoms with Crippen molar-refractivity contribution in [1.29, 1.82) is 0 Å². The Bertz CT molecular complexity index is 606. The Balaban J connectivity index is 1.85. The van der Waals surface area contributed by atoms with Crippen molar-refractivity contribution in [1.82, 2.24) is 0 Å². The standard InChI is InChI=1S/C14H14BrCl2NO3/c1-8-5-9(3-4-10(8)15)18-11(19)6-21-12(20)13(2)7-14(13,16)17/h3-5H,6-7H2,1-2H3,(H,18,19)/t13-/m1/s1. The molecule has 0 bridgehead atoms. The van der Waals surface area contributed by atoms with Gasteiger partial charge in [-0.25, -0.2) is 0 Å². The molecule has 0 aliphatic heterocycles. The van der Waals surface area contributed by atoms with Crippen LogP contribution in [0.2, 0.25) is 0 Å². The third-order valence-corrected chi connectivity index (χ3v) is 5.48. The van der Waals surface area contributed by atoms with Crippen molar-refractivity contribution in [2.45, 2.75) is 24.6 Å². The summed E-state index contributed by atoms with van der Waals surface area (Å²) < 4.78 is 4.82. The number of alkyl halides is 2. The van der Waals surface area contributed by atoms with Crippen LogP contribution in [0.3, 0.4) is 0 Å². The fourth-order valence-corrected chi connectivity index (χ4v) is 2.77. The second-order valence-electron chi connectivity index (χ2n) is 5.30. The third-order valence-electron chi connectivity index (χ3n) is 3.48. The summed E-state index contributed by atoms with van der Waals surface area (Å²) in [6.45, 7) is 3.16. The number of carbonyl (C=O) groups excluding carboxylic acids is 2. The number of hydrogen-bond donors (Lipinski definition) is 1. The quantitative estimate of drug-likeness (QED) is 0.623. The number of hydrogen-bond acceptors (Lipinski definition) is 3. The second-order valence-corrected chi connectivity index (χ2v) is 7.64. The first-order valence-electron chi connectivity index (χ1n) is 6.27. The molecule has 1 N–H and O–H groups in total. The van der Waals surface area contributed by atoms with Crippen molar-refractivity contribution in [3.63, 3.8) is 0 Å². The number of halogens is 3. The molecule has 7 heteroatoms. The van der Waals surface area contributed by atoms with E-state index in [1.54, 1.807) is 13.0 Å². The van der Waals surface area contributed by atoms with Crippen molar-refractivity contribution in [2.75, 3.05) is 11.9 Å². The van der Waals surface area contributed by atoms with Crippen LogP contribution in [0.5, 0.6) is 0 Å². The molecule has 0 aromatic heterocycles. The zero-order valence-electron chi connectivity index (χ0n) is 11.5. The summed E-state index contributed by atoms with van der Waals surface area (Å²) >= 11 is 15.1. The highest BCUT2D eigenvalue weighted by atomic mass is 79.9. The van der Waals surface area contributed by atoms with Crippen LogP contribution in [0.25, 0.3) is 0 Å². The Labute approximate surface area is 141 Å². The van der Waals surface area contributed by atoms with Crippen molar-refractivity contribution < 1.29 is 14.3 Å². The first-order chi connectivity index (χ1) is 9.65. The number of rotatable bonds is 4. The normalized spacial score (nSPS) is 22.5. The molecular weight excluding hydrogens is 381 g/mol. The van der Waals surface area contributed by atoms with E-state index in [9.17, 15) is 9.59 Å². The lowest BCUT2D eigenvalue weighted by Crippen LogP contribution is -2.26. The predicted molar refractivity (Wildman–Crippen MR) is 85.6 cm³/mol. The zero-order valence-corrected chi connectivity index (χ0v) is 14.6. The van der Waals surface area contributed by atoms with Crippen LogP contribution < -0.4 is 5.32 Å². The number of amides is 1. The van der Waals surface area contributed by atoms with Gasteiger partial charge in [-0.3, -0.25) is 9.59 Å². The van der Waals surface area contributed by atoms with Gasteiger partial charge >= 0.3 is 5.97 Å². The summed E-state index contributed by atoms with van der Waals surface area (Å²) in [5.41, 5.74) is 0.702. The van der Waals surface area contributed by atoms with E-state index >= 15 is 0 Å². The second kappa shape index (κ2) is 5.78. The average molecular weight is 395 g/mol. The maximum atomic E-state index is 11.8. The molecule has 0 heterocycles. The summed E-state index contributed by atoms with van der Waals surface area (Å²) in [5.74, 6) is -0.973. The summed E-state index contributed by atoms with van der Waals surface area (Å²) in [6, 6.07) is 5.40. The first-order valence-corrected chi connectivity index (χ1v) is 7.82. The third kappa shape index (κ3) is 3.52. The SMILES string of the molecule is Cc1cc(NC(=O)COC(=O)[C@@]2(C)CC2(Cl)Cl)ccc1Br. The molecule has 0 unspecified atom stereocenters. The molecule has 0 radical (unpaired) electrons. The highest BCUT2D eigenvalue weighted by Crippen LogP contribution is 2.64. The van der Waals surface area contributed by atoms with Gasteiger partial charge in [-0.2, -0.15) is 0 Å². The number of ether oxygens (including phenoxy) is 1. The lowest BCUT2D eigenvalue weighted by Gasteiger charge is -2.12. The van der Waals surface area contributed by atoms with Crippen molar-refractivity contribution in [3.8, 4) is 0 Å². The van der Waals surface area contributed by atoms with Crippen LogP contribution in [0.15, 0.2) is 22.7 Å². The lowest BCUT2D eigenvalue weighted by molar-refractivity contribution is -0.152. The number of nitrogens with one attached hydrogen (secondary N) is 1. The molecule has 1 aromatic carbocycles. The minimum atomic E-state index is -1.09. The Morgan fingerprint density at radius 3 is 2.57 bits per heavy atom. The van der Waals surface area contributed by atoms with Gasteiger partial charge in [0.2, 0.25) is 0 Å². The molecule has 1 fully saturated rings. The van der Waals surface area contributed by atoms with Gasteiger partial charge in [0.05, 0.1) is 0 Å². The summed E-state index contributed by atoms with van der Waals surface area (Å²) in [6.07, 6.45) is 0.329. The maximum absolute atomic E-state index is 11.8. The first kappa shape index (κ1) is 16.6. The summed E-state index contributed by atoms with van der Waals surface area (Å²) in [7, 11) is 0. The molecule has 1 saturated carbocycles. The van der Waals surface area contributed by atoms with Gasteiger partial charge in [0.1, 0.15) is 9.75 Å². The molecule has 1 aliphatic rings. The molecular formula is C14H14BrCl2NO3. The van der Waals surface area contributed by atoms with E-state index < -0.39 is 21.6 Å². The summed E-state index contributed by atoms with van der Waals surface area (Å²) in [5, 5.41) is 2.65. The largest absolute Gasteiger partial charge is 0.455 e. The van der Waals surface area contributed by atoms with E-state index in [4.69, 9.17) is 27.9 Å². The number of anilines is 1. The minimum Gasteiger partial charge on any atom is -0.455 e. The zero-order chi connectivity index (χ0) is 15.8. The van der Waals surface area contributed by atoms with Gasteiger partial charge in [0.15, 0.2) is 6.61 Å². The summed E-state index contributed by atoms with van der Waals surface area (Å²) in [4.78, 5) is 23.6. The smallest absolute Gasteiger partial charge is 0.315 e. The minimum absolute atomic E-state index is 0.329. The molecule has 1 aromatic rings. The number of esters is 1. The number of aryl methyl sites for hydroxylation is 1. The number of benzene rings is 1. The van der Waals surface area contributed by atoms with Gasteiger partial charge in [-0.05, 0) is 37.6 Å². The van der Waals surface area contributed by atoms with E-state index in [0.717, 1.165) is 10.0 Å². The Hall–Kier alpha value is -0.780. The van der Waals surface area contributed by atoms with Crippen LogP contribution in [0.1, 0.15) is 18.9 Å². The van der Waals surface area contributed by atoms with Gasteiger partial charge < -0.3 is 10.1 Å². The average Bonchev–Trinajstić information content (AvgIpc) is 2.91. The van der Waals surface area contributed by atoms with Crippen LogP contribution in [-0.2, 0) is 14.3 Å². The van der Waals surface area contributed by atoms with Gasteiger partial charge in [-0.15, -0.1) is 23.2 Å². The van der Waals surface area contributed by atoms with Crippen LogP contribution >= 0.6 is 39.1 Å². The fraction of sp³-hybridized carbons (Fsp3) is 0.429. The molecule has 1 atom stereocenters. The van der Waals surface area contributed by atoms with E-state index in [1.807, 2.05) is 19.1 Å². The van der Waals surface area contributed by atoms with E-state index in [2.05, 4.69) is 21.2 Å². The van der Waals surface area contributed by atoms with Crippen LogP contribution in [-0.4, -0.2) is 22.8 Å². The Morgan fingerprint density at radius 1 is 1.43 bits per heavy atom. The van der Waals surface area contributed by atoms with E-state index in [0.29, 0.717) is 12.1 Å². The topological polar surface area (TPSA) is 55.4 Å². The lowest BCUT2D eigenvalue weighted by atomic mass is 10.1. The van der Waals surface area contributed by atoms with Crippen LogP contribution in [0.4, 0.5) is 5.69 Å². The fourth-order valence-electron chi connectivity index (χ4n) is 1.83. The van der Waals surface area contributed by atoms with E-state index in [-0.39, 0.29) is 6.61 Å². The molecule has 0 spiro atoms. The van der Waals surface area contributed by atoms with Gasteiger partial charge in [-0.1, -0.05) is 15.9 Å². The molecule has 0 saturated heterocycles. The number of carbonyl (C=O) groups is 2. The highest BCUT2D eigenvalue weighted by Gasteiger charge is 2.69. The highest BCUT2D eigenvalue weighted by molar-refractivity contribution is 9.10. The molecule has 1 aliphatic carbocycles. The molecule has 2 rings (SSSR count). The monoisotopic (exact) mass is 393 g/mol. The molecule has 114 valence electrons. The van der Waals surface area contributed by atoms with Crippen molar-refractivity contribution in [2.24, 2.45) is 5.41 Å². The Kier molecular flexibility index (Phi) is 4.57. The molecule has 1 amide bonds. The maximum Gasteiger partial charge on any atom is 0.315 e. The van der Waals surface area contributed by atoms with Crippen molar-refractivity contribution in [3.05, 3.63) is 28.2 Å².